The van der Waals surface area contributed by atoms with Gasteiger partial charge in [0.2, 0.25) is 5.71 Å². The van der Waals surface area contributed by atoms with Crippen LogP contribution in [0.5, 0.6) is 5.95 Å². The summed E-state index contributed by atoms with van der Waals surface area (Å²) in [5.74, 6) is 0.0940. The molecular formula is C11H9N2O4-. The van der Waals surface area contributed by atoms with Gasteiger partial charge in [0.05, 0.1) is 0 Å². The van der Waals surface area contributed by atoms with E-state index in [1.165, 1.54) is 12.2 Å². The fraction of sp³-hybridized carbons (Fsp3) is 0.0909. The Labute approximate surface area is 96.7 Å². The van der Waals surface area contributed by atoms with Crippen molar-refractivity contribution < 1.29 is 14.4 Å². The van der Waals surface area contributed by atoms with Crippen molar-refractivity contribution in [3.8, 4) is 5.95 Å². The lowest BCUT2D eigenvalue weighted by Crippen LogP contribution is -2.06. The van der Waals surface area contributed by atoms with E-state index < -0.39 is 4.90 Å². The maximum absolute atomic E-state index is 10.5. The molecule has 0 spiro atoms. The molecule has 1 heterocycles. The van der Waals surface area contributed by atoms with Crippen LogP contribution in [0, 0.1) is 17.3 Å². The first-order valence-electron chi connectivity index (χ1n) is 4.82. The third-order valence-electron chi connectivity index (χ3n) is 2.15. The topological polar surface area (TPSA) is 95.4 Å². The maximum atomic E-state index is 10.5. The van der Waals surface area contributed by atoms with Crippen molar-refractivity contribution in [3.05, 3.63) is 51.9 Å². The molecular weight excluding hydrogens is 224 g/mol. The number of aromatic nitrogens is 1. The van der Waals surface area contributed by atoms with Crippen LogP contribution in [0.4, 0.5) is 0 Å². The molecule has 0 aliphatic heterocycles. The summed E-state index contributed by atoms with van der Waals surface area (Å²) >= 11 is 0. The molecule has 2 rings (SSSR count). The first kappa shape index (κ1) is 11.0. The second-order valence-electron chi connectivity index (χ2n) is 3.42. The summed E-state index contributed by atoms with van der Waals surface area (Å²) < 4.78 is 4.85. The predicted octanol–water partition coefficient (Wildman–Crippen LogP) is 1.65. The largest absolute Gasteiger partial charge is 0.612 e. The van der Waals surface area contributed by atoms with Gasteiger partial charge in [-0.3, -0.25) is 0 Å². The summed E-state index contributed by atoms with van der Waals surface area (Å²) in [6.07, 6.45) is 7.49. The van der Waals surface area contributed by atoms with Gasteiger partial charge in [-0.05, 0) is 23.8 Å². The second kappa shape index (κ2) is 4.17. The van der Waals surface area contributed by atoms with E-state index in [0.717, 1.165) is 0 Å². The van der Waals surface area contributed by atoms with Crippen LogP contribution in [0.25, 0.3) is 6.08 Å². The van der Waals surface area contributed by atoms with E-state index in [2.05, 4.69) is 4.98 Å². The van der Waals surface area contributed by atoms with Gasteiger partial charge in [0, 0.05) is 19.1 Å². The molecule has 17 heavy (non-hydrogen) atoms. The molecule has 0 saturated carbocycles. The SMILES string of the molecule is Cc1nc(C=C2C=CC(=[N+]([O-])[O-])C=C2)c(O)o1. The number of aryl methyl sites for hydroxylation is 1. The van der Waals surface area contributed by atoms with Crippen LogP contribution in [-0.4, -0.2) is 20.7 Å². The van der Waals surface area contributed by atoms with Gasteiger partial charge in [0.15, 0.2) is 5.89 Å². The minimum atomic E-state index is -0.471. The number of rotatable bonds is 1. The number of allylic oxidation sites excluding steroid dienone is 5. The van der Waals surface area contributed by atoms with Gasteiger partial charge >= 0.3 is 5.95 Å². The van der Waals surface area contributed by atoms with Crippen LogP contribution in [-0.2, 0) is 0 Å². The molecule has 1 aliphatic rings. The molecule has 6 heteroatoms. The quantitative estimate of drug-likeness (QED) is 0.587. The summed E-state index contributed by atoms with van der Waals surface area (Å²) in [5, 5.41) is 30.3. The van der Waals surface area contributed by atoms with Crippen LogP contribution in [0.3, 0.4) is 0 Å². The van der Waals surface area contributed by atoms with E-state index in [0.29, 0.717) is 17.2 Å². The van der Waals surface area contributed by atoms with E-state index in [4.69, 9.17) is 4.42 Å². The van der Waals surface area contributed by atoms with Crippen LogP contribution in [0.15, 0.2) is 34.3 Å². The molecule has 1 aromatic heterocycles. The van der Waals surface area contributed by atoms with E-state index in [-0.39, 0.29) is 11.7 Å². The number of hydrogen-bond acceptors (Lipinski definition) is 5. The first-order valence-corrected chi connectivity index (χ1v) is 4.82. The highest BCUT2D eigenvalue weighted by atomic mass is 16.8. The molecule has 0 amide bonds. The molecule has 1 aliphatic carbocycles. The molecule has 0 aromatic carbocycles. The average Bonchev–Trinajstić information content (AvgIpc) is 2.58. The Balaban J connectivity index is 2.28. The highest BCUT2D eigenvalue weighted by Gasteiger charge is 2.08. The minimum Gasteiger partial charge on any atom is -0.612 e. The Morgan fingerprint density at radius 1 is 1.29 bits per heavy atom. The standard InChI is InChI=1S/C11H9N2O4/c1-7-12-10(11(14)17-7)6-8-2-4-9(5-3-8)13(15)16/h2-6H,1H3,(H-,14,15,16)/q-1. The zero-order valence-corrected chi connectivity index (χ0v) is 8.95. The summed E-state index contributed by atoms with van der Waals surface area (Å²) in [5.41, 5.74) is 1.01. The Morgan fingerprint density at radius 2 is 1.94 bits per heavy atom. The summed E-state index contributed by atoms with van der Waals surface area (Å²) in [6, 6.07) is 0. The molecule has 0 unspecified atom stereocenters. The number of nitrogens with zero attached hydrogens (tertiary/aromatic N) is 2. The summed E-state index contributed by atoms with van der Waals surface area (Å²) in [4.78, 5) is 3.49. The Morgan fingerprint density at radius 3 is 2.41 bits per heavy atom. The normalized spacial score (nSPS) is 14.2. The smallest absolute Gasteiger partial charge is 0.310 e. The van der Waals surface area contributed by atoms with E-state index in [1.54, 1.807) is 25.2 Å². The molecule has 1 aromatic rings. The van der Waals surface area contributed by atoms with Gasteiger partial charge < -0.3 is 19.9 Å². The lowest BCUT2D eigenvalue weighted by molar-refractivity contribution is -0.377. The van der Waals surface area contributed by atoms with Gasteiger partial charge in [-0.2, -0.15) is 4.90 Å². The molecule has 6 nitrogen and oxygen atoms in total. The van der Waals surface area contributed by atoms with Crippen molar-refractivity contribution in [3.63, 3.8) is 0 Å². The molecule has 0 saturated heterocycles. The Hall–Kier alpha value is -2.50. The van der Waals surface area contributed by atoms with Crippen molar-refractivity contribution in [1.29, 1.82) is 0 Å². The number of oxazole rings is 1. The molecule has 88 valence electrons. The van der Waals surface area contributed by atoms with E-state index in [9.17, 15) is 15.5 Å². The molecule has 0 atom stereocenters. The molecule has 1 N–H and O–H groups in total. The second-order valence-corrected chi connectivity index (χ2v) is 3.42. The lowest BCUT2D eigenvalue weighted by atomic mass is 10.1. The monoisotopic (exact) mass is 233 g/mol. The van der Waals surface area contributed by atoms with Crippen LogP contribution in [0.1, 0.15) is 11.6 Å². The van der Waals surface area contributed by atoms with E-state index >= 15 is 0 Å². The zero-order chi connectivity index (χ0) is 12.4. The predicted molar refractivity (Wildman–Crippen MR) is 61.2 cm³/mol. The fourth-order valence-corrected chi connectivity index (χ4v) is 1.38. The average molecular weight is 233 g/mol. The molecule has 0 bridgehead atoms. The highest BCUT2D eigenvalue weighted by molar-refractivity contribution is 6.02. The Kier molecular flexibility index (Phi) is 2.70. The fourth-order valence-electron chi connectivity index (χ4n) is 1.38. The van der Waals surface area contributed by atoms with Gasteiger partial charge in [-0.25, -0.2) is 4.98 Å². The van der Waals surface area contributed by atoms with Crippen molar-refractivity contribution in [2.75, 3.05) is 0 Å². The van der Waals surface area contributed by atoms with Crippen LogP contribution in [0.2, 0.25) is 0 Å². The Bertz CT molecular complexity index is 542. The van der Waals surface area contributed by atoms with Crippen LogP contribution < -0.4 is 0 Å². The molecule has 0 radical (unpaired) electrons. The minimum absolute atomic E-state index is 0.0164. The lowest BCUT2D eigenvalue weighted by Gasteiger charge is -2.07. The summed E-state index contributed by atoms with van der Waals surface area (Å²) in [6.45, 7) is 1.62. The number of aromatic hydroxyl groups is 1. The first-order chi connectivity index (χ1) is 8.06. The van der Waals surface area contributed by atoms with Gasteiger partial charge in [-0.1, -0.05) is 0 Å². The van der Waals surface area contributed by atoms with Gasteiger partial charge in [0.1, 0.15) is 5.69 Å². The third kappa shape index (κ3) is 2.36. The van der Waals surface area contributed by atoms with E-state index in [1.807, 2.05) is 0 Å². The van der Waals surface area contributed by atoms with Gasteiger partial charge in [-0.15, -0.1) is 0 Å². The third-order valence-corrected chi connectivity index (χ3v) is 2.15. The van der Waals surface area contributed by atoms with Crippen molar-refractivity contribution in [2.24, 2.45) is 0 Å². The van der Waals surface area contributed by atoms with Crippen molar-refractivity contribution in [2.45, 2.75) is 6.92 Å². The number of hydrogen-bond donors (Lipinski definition) is 1. The van der Waals surface area contributed by atoms with Gasteiger partial charge in [0.25, 0.3) is 0 Å². The van der Waals surface area contributed by atoms with Crippen molar-refractivity contribution >= 4 is 11.8 Å². The highest BCUT2D eigenvalue weighted by Crippen LogP contribution is 2.21. The van der Waals surface area contributed by atoms with Crippen molar-refractivity contribution in [1.82, 2.24) is 4.98 Å². The summed E-state index contributed by atoms with van der Waals surface area (Å²) in [7, 11) is 0. The zero-order valence-electron chi connectivity index (χ0n) is 8.95. The molecule has 0 fully saturated rings. The maximum Gasteiger partial charge on any atom is 0.310 e. The van der Waals surface area contributed by atoms with Crippen LogP contribution >= 0.6 is 0 Å².